The maximum absolute atomic E-state index is 14.5. The zero-order valence-electron chi connectivity index (χ0n) is 12.8. The summed E-state index contributed by atoms with van der Waals surface area (Å²) in [6.07, 6.45) is 1.32. The van der Waals surface area contributed by atoms with Gasteiger partial charge in [0.05, 0.1) is 18.1 Å². The minimum atomic E-state index is -0.761. The topological polar surface area (TPSA) is 90.1 Å². The lowest BCUT2D eigenvalue weighted by atomic mass is 10.0. The summed E-state index contributed by atoms with van der Waals surface area (Å²) in [5.74, 6) is -1.49. The number of carbonyl (C=O) groups is 1. The molecule has 0 spiro atoms. The third kappa shape index (κ3) is 3.47. The predicted molar refractivity (Wildman–Crippen MR) is 81.0 cm³/mol. The third-order valence-electron chi connectivity index (χ3n) is 3.86. The van der Waals surface area contributed by atoms with Crippen LogP contribution in [0, 0.1) is 11.7 Å². The van der Waals surface area contributed by atoms with Crippen LogP contribution >= 0.6 is 11.6 Å². The van der Waals surface area contributed by atoms with Crippen molar-refractivity contribution in [3.8, 4) is 0 Å². The summed E-state index contributed by atoms with van der Waals surface area (Å²) in [6.45, 7) is 5.47. The summed E-state index contributed by atoms with van der Waals surface area (Å²) >= 11 is 5.86. The Labute approximate surface area is 133 Å². The summed E-state index contributed by atoms with van der Waals surface area (Å²) in [5, 5.41) is 2.79. The van der Waals surface area contributed by atoms with Gasteiger partial charge in [0.15, 0.2) is 11.6 Å². The van der Waals surface area contributed by atoms with E-state index in [-0.39, 0.29) is 28.8 Å². The van der Waals surface area contributed by atoms with E-state index in [1.807, 2.05) is 0 Å². The molecule has 1 aliphatic rings. The van der Waals surface area contributed by atoms with Crippen molar-refractivity contribution in [3.63, 3.8) is 0 Å². The number of aromatic nitrogens is 2. The average molecular weight is 331 g/mol. The summed E-state index contributed by atoms with van der Waals surface area (Å²) in [5.41, 5.74) is 5.35. The molecule has 6 nitrogen and oxygen atoms in total. The minimum absolute atomic E-state index is 0.0460. The number of hydrogen-bond acceptors (Lipinski definition) is 6. The third-order valence-corrected chi connectivity index (χ3v) is 4.03. The zero-order valence-corrected chi connectivity index (χ0v) is 13.6. The van der Waals surface area contributed by atoms with Crippen LogP contribution in [-0.4, -0.2) is 28.6 Å². The number of nitrogens with one attached hydrogen (secondary N) is 1. The fourth-order valence-corrected chi connectivity index (χ4v) is 2.20. The standard InChI is InChI=1S/C14H20ClFN4O2/c1-4-22-12(21)7(2)8(3)18-11-9(16)10(14(17)5-6-14)19-13(15)20-11/h7-8H,4-6,17H2,1-3H3,(H,18,19,20)/t7-,8-/m0/s1. The quantitative estimate of drug-likeness (QED) is 0.614. The lowest BCUT2D eigenvalue weighted by Gasteiger charge is -2.21. The second kappa shape index (κ2) is 6.34. The number of rotatable bonds is 6. The Morgan fingerprint density at radius 3 is 2.68 bits per heavy atom. The monoisotopic (exact) mass is 330 g/mol. The Kier molecular flexibility index (Phi) is 4.87. The molecule has 0 aromatic carbocycles. The first-order valence-electron chi connectivity index (χ1n) is 7.24. The fourth-order valence-electron chi connectivity index (χ4n) is 2.04. The lowest BCUT2D eigenvalue weighted by molar-refractivity contribution is -0.147. The first-order valence-corrected chi connectivity index (χ1v) is 7.62. The van der Waals surface area contributed by atoms with Crippen molar-refractivity contribution < 1.29 is 13.9 Å². The summed E-state index contributed by atoms with van der Waals surface area (Å²) in [4.78, 5) is 19.5. The molecule has 122 valence electrons. The second-order valence-corrected chi connectivity index (χ2v) is 5.97. The molecular weight excluding hydrogens is 311 g/mol. The molecule has 1 fully saturated rings. The van der Waals surface area contributed by atoms with E-state index in [0.717, 1.165) is 0 Å². The number of esters is 1. The van der Waals surface area contributed by atoms with Gasteiger partial charge in [0.2, 0.25) is 5.28 Å². The van der Waals surface area contributed by atoms with E-state index < -0.39 is 17.3 Å². The van der Waals surface area contributed by atoms with Gasteiger partial charge >= 0.3 is 5.97 Å². The van der Waals surface area contributed by atoms with Gasteiger partial charge in [0.1, 0.15) is 5.69 Å². The van der Waals surface area contributed by atoms with E-state index in [4.69, 9.17) is 22.1 Å². The normalized spacial score (nSPS) is 18.5. The molecule has 1 aliphatic carbocycles. The van der Waals surface area contributed by atoms with Gasteiger partial charge in [-0.05, 0) is 45.2 Å². The van der Waals surface area contributed by atoms with Gasteiger partial charge in [0, 0.05) is 6.04 Å². The first kappa shape index (κ1) is 16.9. The SMILES string of the molecule is CCOC(=O)[C@@H](C)[C@H](C)Nc1nc(Cl)nc(C2(N)CC2)c1F. The van der Waals surface area contributed by atoms with E-state index in [2.05, 4.69) is 15.3 Å². The molecule has 3 N–H and O–H groups in total. The molecule has 1 aromatic rings. The molecule has 2 atom stereocenters. The molecule has 1 heterocycles. The highest BCUT2D eigenvalue weighted by Crippen LogP contribution is 2.43. The molecule has 2 rings (SSSR count). The van der Waals surface area contributed by atoms with Gasteiger partial charge in [-0.2, -0.15) is 4.98 Å². The smallest absolute Gasteiger partial charge is 0.310 e. The molecule has 0 saturated heterocycles. The highest BCUT2D eigenvalue weighted by molar-refractivity contribution is 6.28. The van der Waals surface area contributed by atoms with Crippen LogP contribution in [0.3, 0.4) is 0 Å². The van der Waals surface area contributed by atoms with Gasteiger partial charge in [-0.25, -0.2) is 9.37 Å². The number of hydrogen-bond donors (Lipinski definition) is 2. The van der Waals surface area contributed by atoms with Crippen LogP contribution in [0.1, 0.15) is 39.3 Å². The Hall–Kier alpha value is -1.47. The number of anilines is 1. The van der Waals surface area contributed by atoms with Gasteiger partial charge < -0.3 is 15.8 Å². The van der Waals surface area contributed by atoms with E-state index in [1.165, 1.54) is 0 Å². The Morgan fingerprint density at radius 2 is 2.14 bits per heavy atom. The van der Waals surface area contributed by atoms with Crippen molar-refractivity contribution in [2.45, 2.75) is 45.2 Å². The van der Waals surface area contributed by atoms with Crippen molar-refractivity contribution in [1.82, 2.24) is 9.97 Å². The van der Waals surface area contributed by atoms with Crippen LogP contribution in [0.15, 0.2) is 0 Å². The highest BCUT2D eigenvalue weighted by Gasteiger charge is 2.45. The first-order chi connectivity index (χ1) is 10.3. The van der Waals surface area contributed by atoms with Crippen molar-refractivity contribution in [1.29, 1.82) is 0 Å². The molecule has 0 unspecified atom stereocenters. The van der Waals surface area contributed by atoms with Crippen LogP contribution in [0.5, 0.6) is 0 Å². The van der Waals surface area contributed by atoms with Gasteiger partial charge in [-0.1, -0.05) is 0 Å². The maximum Gasteiger partial charge on any atom is 0.310 e. The number of halogens is 2. The largest absolute Gasteiger partial charge is 0.466 e. The zero-order chi connectivity index (χ0) is 16.5. The van der Waals surface area contributed by atoms with E-state index in [1.54, 1.807) is 20.8 Å². The van der Waals surface area contributed by atoms with E-state index in [9.17, 15) is 9.18 Å². The lowest BCUT2D eigenvalue weighted by Crippen LogP contribution is -2.32. The van der Waals surface area contributed by atoms with Crippen LogP contribution in [0.4, 0.5) is 10.2 Å². The molecule has 1 saturated carbocycles. The number of ether oxygens (including phenoxy) is 1. The van der Waals surface area contributed by atoms with Crippen LogP contribution in [-0.2, 0) is 15.1 Å². The molecule has 0 aliphatic heterocycles. The second-order valence-electron chi connectivity index (χ2n) is 5.63. The average Bonchev–Trinajstić information content (AvgIpc) is 3.20. The molecule has 22 heavy (non-hydrogen) atoms. The molecule has 0 radical (unpaired) electrons. The molecule has 1 aromatic heterocycles. The molecular formula is C14H20ClFN4O2. The summed E-state index contributed by atoms with van der Waals surface area (Å²) in [6, 6.07) is -0.389. The van der Waals surface area contributed by atoms with Gasteiger partial charge in [0.25, 0.3) is 0 Å². The van der Waals surface area contributed by atoms with Crippen molar-refractivity contribution in [2.24, 2.45) is 11.7 Å². The number of carbonyl (C=O) groups excluding carboxylic acids is 1. The Bertz CT molecular complexity index is 580. The highest BCUT2D eigenvalue weighted by atomic mass is 35.5. The van der Waals surface area contributed by atoms with Crippen LogP contribution in [0.25, 0.3) is 0 Å². The minimum Gasteiger partial charge on any atom is -0.466 e. The Balaban J connectivity index is 2.19. The summed E-state index contributed by atoms with van der Waals surface area (Å²) < 4.78 is 19.5. The number of nitrogens with zero attached hydrogens (tertiary/aromatic N) is 2. The van der Waals surface area contributed by atoms with E-state index in [0.29, 0.717) is 19.4 Å². The fraction of sp³-hybridized carbons (Fsp3) is 0.643. The van der Waals surface area contributed by atoms with Gasteiger partial charge in [-0.3, -0.25) is 4.79 Å². The van der Waals surface area contributed by atoms with Crippen molar-refractivity contribution in [3.05, 3.63) is 16.8 Å². The van der Waals surface area contributed by atoms with Crippen LogP contribution < -0.4 is 11.1 Å². The molecule has 0 amide bonds. The summed E-state index contributed by atoms with van der Waals surface area (Å²) in [7, 11) is 0. The van der Waals surface area contributed by atoms with Crippen LogP contribution in [0.2, 0.25) is 5.28 Å². The van der Waals surface area contributed by atoms with E-state index >= 15 is 0 Å². The molecule has 8 heteroatoms. The maximum atomic E-state index is 14.5. The predicted octanol–water partition coefficient (Wildman–Crippen LogP) is 2.22. The van der Waals surface area contributed by atoms with Gasteiger partial charge in [-0.15, -0.1) is 0 Å². The van der Waals surface area contributed by atoms with Crippen molar-refractivity contribution >= 4 is 23.4 Å². The molecule has 0 bridgehead atoms. The van der Waals surface area contributed by atoms with Crippen molar-refractivity contribution in [2.75, 3.05) is 11.9 Å². The number of nitrogens with two attached hydrogens (primary N) is 1. The Morgan fingerprint density at radius 1 is 1.50 bits per heavy atom.